The number of hydrogen-bond donors (Lipinski definition) is 1. The average molecular weight is 659 g/mol. The Morgan fingerprint density at radius 1 is 1.00 bits per heavy atom. The molecule has 0 saturated carbocycles. The molecule has 4 heterocycles. The molecule has 3 aliphatic heterocycles. The summed E-state index contributed by atoms with van der Waals surface area (Å²) < 4.78 is 41.8. The number of anilines is 2. The smallest absolute Gasteiger partial charge is 0.379 e. The molecular weight excluding hydrogens is 604 g/mol. The molecule has 2 aromatic rings. The Kier molecular flexibility index (Phi) is 12.5. The largest absolute Gasteiger partial charge is 0.398 e. The Balaban J connectivity index is 0.000000294. The van der Waals surface area contributed by atoms with Crippen molar-refractivity contribution in [3.63, 3.8) is 0 Å². The predicted molar refractivity (Wildman–Crippen MR) is 182 cm³/mol. The molecule has 0 bridgehead atoms. The highest BCUT2D eigenvalue weighted by Crippen LogP contribution is 2.47. The molecule has 6 nitrogen and oxygen atoms in total. The first kappa shape index (κ1) is 36.9. The van der Waals surface area contributed by atoms with Crippen LogP contribution in [0.2, 0.25) is 0 Å². The molecule has 2 N–H and O–H groups in total. The molecule has 0 spiro atoms. The van der Waals surface area contributed by atoms with Crippen molar-refractivity contribution in [1.29, 1.82) is 5.26 Å². The topological polar surface area (TPSA) is 82.1 Å². The standard InChI is InChI=1S/C28H39N5.C8H14FN.CHF3/c1-5-20-24(31-25(6-2)32-27(20)33-15-9-7-8-10-16-33)17-28(4)14-13-19(3)21-11-12-23(30)22(18-29)26(21)28;1-8-3-2-4-10(8)6-7(9)5-8;2-1(3)4/h11-12,19H,5-10,13-17,30H2,1-4H3;7H,2-6H2,1H3;1H. The average Bonchev–Trinajstić information content (AvgIpc) is 3.36. The van der Waals surface area contributed by atoms with Crippen LogP contribution in [0.25, 0.3) is 0 Å². The fourth-order valence-electron chi connectivity index (χ4n) is 8.36. The summed E-state index contributed by atoms with van der Waals surface area (Å²) in [6.07, 6.45) is 12.5. The molecule has 1 aromatic heterocycles. The zero-order valence-electron chi connectivity index (χ0n) is 29.0. The molecule has 4 unspecified atom stereocenters. The maximum atomic E-state index is 12.8. The van der Waals surface area contributed by atoms with Crippen molar-refractivity contribution < 1.29 is 17.6 Å². The van der Waals surface area contributed by atoms with E-state index in [9.17, 15) is 22.8 Å². The molecule has 3 fully saturated rings. The number of nitrogens with zero attached hydrogens (tertiary/aromatic N) is 5. The zero-order chi connectivity index (χ0) is 34.4. The van der Waals surface area contributed by atoms with Crippen molar-refractivity contribution in [3.05, 3.63) is 45.9 Å². The molecule has 1 aliphatic carbocycles. The van der Waals surface area contributed by atoms with E-state index in [4.69, 9.17) is 15.7 Å². The van der Waals surface area contributed by atoms with Crippen LogP contribution in [0.3, 0.4) is 0 Å². The Bertz CT molecular complexity index is 1390. The van der Waals surface area contributed by atoms with Crippen LogP contribution in [-0.2, 0) is 24.7 Å². The number of fused-ring (bicyclic) bond motifs is 2. The Labute approximate surface area is 279 Å². The van der Waals surface area contributed by atoms with E-state index in [1.54, 1.807) is 0 Å². The summed E-state index contributed by atoms with van der Waals surface area (Å²) in [6.45, 7) is 11.5. The van der Waals surface area contributed by atoms with E-state index in [-0.39, 0.29) is 11.0 Å². The van der Waals surface area contributed by atoms with Crippen molar-refractivity contribution in [2.24, 2.45) is 0 Å². The second-order valence-corrected chi connectivity index (χ2v) is 14.4. The highest BCUT2D eigenvalue weighted by molar-refractivity contribution is 5.64. The number of nitriles is 1. The lowest BCUT2D eigenvalue weighted by molar-refractivity contribution is 0.00819. The fourth-order valence-corrected chi connectivity index (χ4v) is 8.36. The molecular formula is C37H54F4N6. The van der Waals surface area contributed by atoms with Crippen LogP contribution in [0.4, 0.5) is 29.1 Å². The summed E-state index contributed by atoms with van der Waals surface area (Å²) in [7, 11) is 0. The third-order valence-corrected chi connectivity index (χ3v) is 10.9. The highest BCUT2D eigenvalue weighted by Gasteiger charge is 2.45. The Hall–Kier alpha value is -2.93. The normalized spacial score (nSPS) is 27.1. The number of nitrogens with two attached hydrogens (primary N) is 1. The van der Waals surface area contributed by atoms with Crippen molar-refractivity contribution in [2.75, 3.05) is 36.8 Å². The van der Waals surface area contributed by atoms with Crippen molar-refractivity contribution in [2.45, 2.75) is 141 Å². The van der Waals surface area contributed by atoms with E-state index in [2.05, 4.69) is 56.6 Å². The van der Waals surface area contributed by atoms with E-state index in [0.29, 0.717) is 23.7 Å². The van der Waals surface area contributed by atoms with Crippen LogP contribution < -0.4 is 10.6 Å². The highest BCUT2D eigenvalue weighted by atomic mass is 19.4. The Morgan fingerprint density at radius 2 is 1.68 bits per heavy atom. The Morgan fingerprint density at radius 3 is 2.28 bits per heavy atom. The van der Waals surface area contributed by atoms with Gasteiger partial charge in [0, 0.05) is 42.8 Å². The molecule has 260 valence electrons. The van der Waals surface area contributed by atoms with E-state index < -0.39 is 12.9 Å². The van der Waals surface area contributed by atoms with Gasteiger partial charge in [0.15, 0.2) is 0 Å². The maximum absolute atomic E-state index is 12.8. The maximum Gasteiger partial charge on any atom is 0.379 e. The van der Waals surface area contributed by atoms with Gasteiger partial charge in [-0.1, -0.05) is 46.6 Å². The van der Waals surface area contributed by atoms with Crippen molar-refractivity contribution >= 4 is 11.5 Å². The van der Waals surface area contributed by atoms with Crippen LogP contribution in [-0.4, -0.2) is 59.4 Å². The zero-order valence-corrected chi connectivity index (χ0v) is 29.0. The quantitative estimate of drug-likeness (QED) is 0.256. The van der Waals surface area contributed by atoms with Gasteiger partial charge in [0.05, 0.1) is 11.3 Å². The number of hydrogen-bond acceptors (Lipinski definition) is 6. The minimum absolute atomic E-state index is 0.165. The summed E-state index contributed by atoms with van der Waals surface area (Å²) in [4.78, 5) is 15.0. The van der Waals surface area contributed by atoms with Crippen LogP contribution >= 0.6 is 0 Å². The first-order valence-corrected chi connectivity index (χ1v) is 17.6. The second kappa shape index (κ2) is 16.0. The minimum Gasteiger partial charge on any atom is -0.398 e. The number of rotatable bonds is 5. The van der Waals surface area contributed by atoms with Gasteiger partial charge in [-0.3, -0.25) is 4.90 Å². The van der Waals surface area contributed by atoms with Gasteiger partial charge in [-0.15, -0.1) is 0 Å². The monoisotopic (exact) mass is 658 g/mol. The third-order valence-electron chi connectivity index (χ3n) is 10.9. The van der Waals surface area contributed by atoms with E-state index >= 15 is 0 Å². The molecule has 3 saturated heterocycles. The number of alkyl halides is 4. The SMILES string of the molecule is CC12CCCN1CC(F)C2.CCc1nc(CC2(C)CCC(C)c3ccc(N)c(C#N)c32)c(CC)c(N2CCCCCC2)n1.FC(F)F. The van der Waals surface area contributed by atoms with Gasteiger partial charge >= 0.3 is 6.68 Å². The molecule has 0 amide bonds. The summed E-state index contributed by atoms with van der Waals surface area (Å²) in [5.74, 6) is 2.53. The summed E-state index contributed by atoms with van der Waals surface area (Å²) in [5, 5.41) is 10.0. The van der Waals surface area contributed by atoms with E-state index in [0.717, 1.165) is 81.1 Å². The van der Waals surface area contributed by atoms with Crippen molar-refractivity contribution in [1.82, 2.24) is 14.9 Å². The minimum atomic E-state index is -3.67. The van der Waals surface area contributed by atoms with Gasteiger partial charge in [-0.25, -0.2) is 14.4 Å². The van der Waals surface area contributed by atoms with Crippen LogP contribution in [0, 0.1) is 11.3 Å². The molecule has 10 heteroatoms. The number of nitrogen functional groups attached to an aromatic ring is 1. The molecule has 1 aromatic carbocycles. The lowest BCUT2D eigenvalue weighted by Gasteiger charge is -2.40. The third kappa shape index (κ3) is 8.57. The van der Waals surface area contributed by atoms with Gasteiger partial charge in [0.1, 0.15) is 23.9 Å². The number of aromatic nitrogens is 2. The summed E-state index contributed by atoms with van der Waals surface area (Å²) in [6, 6.07) is 6.50. The predicted octanol–water partition coefficient (Wildman–Crippen LogP) is 8.59. The van der Waals surface area contributed by atoms with Gasteiger partial charge in [0.2, 0.25) is 0 Å². The van der Waals surface area contributed by atoms with E-state index in [1.165, 1.54) is 49.7 Å². The van der Waals surface area contributed by atoms with Crippen LogP contribution in [0.15, 0.2) is 12.1 Å². The fraction of sp³-hybridized carbons (Fsp3) is 0.703. The number of aryl methyl sites for hydroxylation is 1. The van der Waals surface area contributed by atoms with Crippen molar-refractivity contribution in [3.8, 4) is 6.07 Å². The van der Waals surface area contributed by atoms with Gasteiger partial charge in [-0.2, -0.15) is 18.4 Å². The second-order valence-electron chi connectivity index (χ2n) is 14.4. The molecule has 47 heavy (non-hydrogen) atoms. The van der Waals surface area contributed by atoms with Crippen LogP contribution in [0.1, 0.15) is 132 Å². The lowest BCUT2D eigenvalue weighted by Crippen LogP contribution is -2.34. The number of halogens is 4. The molecule has 6 rings (SSSR count). The van der Waals surface area contributed by atoms with Gasteiger partial charge in [-0.05, 0) is 99.8 Å². The summed E-state index contributed by atoms with van der Waals surface area (Å²) in [5.41, 5.74) is 12.5. The molecule has 0 radical (unpaired) electrons. The number of benzene rings is 1. The molecule has 4 atom stereocenters. The van der Waals surface area contributed by atoms with E-state index in [1.807, 2.05) is 6.07 Å². The molecule has 4 aliphatic rings. The first-order chi connectivity index (χ1) is 22.4. The van der Waals surface area contributed by atoms with Crippen LogP contribution in [0.5, 0.6) is 0 Å². The lowest BCUT2D eigenvalue weighted by atomic mass is 9.64. The van der Waals surface area contributed by atoms with Gasteiger partial charge < -0.3 is 10.6 Å². The van der Waals surface area contributed by atoms with Gasteiger partial charge in [0.25, 0.3) is 0 Å². The first-order valence-electron chi connectivity index (χ1n) is 17.6. The summed E-state index contributed by atoms with van der Waals surface area (Å²) >= 11 is 0.